The van der Waals surface area contributed by atoms with Gasteiger partial charge in [-0.25, -0.2) is 0 Å². The molecule has 4 atom stereocenters. The minimum absolute atomic E-state index is 0.188. The second-order valence-corrected chi connectivity index (χ2v) is 6.80. The van der Waals surface area contributed by atoms with E-state index in [1.54, 1.807) is 7.11 Å². The number of aliphatic hydroxyl groups is 1. The van der Waals surface area contributed by atoms with Crippen LogP contribution in [0.4, 0.5) is 0 Å². The third-order valence-corrected chi connectivity index (χ3v) is 5.28. The van der Waals surface area contributed by atoms with Crippen molar-refractivity contribution in [2.75, 3.05) is 26.8 Å². The number of H-pyrrole nitrogens is 1. The maximum Gasteiger partial charge on any atom is 0.186 e. The van der Waals surface area contributed by atoms with E-state index in [4.69, 9.17) is 14.2 Å². The van der Waals surface area contributed by atoms with Crippen LogP contribution in [0.3, 0.4) is 0 Å². The molecule has 0 saturated carbocycles. The first-order valence-electron chi connectivity index (χ1n) is 9.00. The first-order chi connectivity index (χ1) is 12.2. The Morgan fingerprint density at radius 2 is 2.20 bits per heavy atom. The molecule has 1 saturated heterocycles. The zero-order valence-electron chi connectivity index (χ0n) is 14.8. The highest BCUT2D eigenvalue weighted by atomic mass is 16.7. The summed E-state index contributed by atoms with van der Waals surface area (Å²) in [6.07, 6.45) is -0.906. The third-order valence-electron chi connectivity index (χ3n) is 5.28. The van der Waals surface area contributed by atoms with Gasteiger partial charge in [0.25, 0.3) is 0 Å². The van der Waals surface area contributed by atoms with Gasteiger partial charge in [-0.2, -0.15) is 0 Å². The molecule has 1 aromatic carbocycles. The molecule has 25 heavy (non-hydrogen) atoms. The van der Waals surface area contributed by atoms with Crippen molar-refractivity contribution in [3.63, 3.8) is 0 Å². The molecule has 1 fully saturated rings. The van der Waals surface area contributed by atoms with Gasteiger partial charge < -0.3 is 24.3 Å². The Labute approximate surface area is 147 Å². The van der Waals surface area contributed by atoms with E-state index in [9.17, 15) is 5.11 Å². The zero-order chi connectivity index (χ0) is 17.4. The molecule has 136 valence electrons. The molecule has 3 heterocycles. The number of para-hydroxylation sites is 1. The van der Waals surface area contributed by atoms with E-state index in [0.717, 1.165) is 26.1 Å². The van der Waals surface area contributed by atoms with Crippen molar-refractivity contribution < 1.29 is 19.3 Å². The number of methoxy groups -OCH3 is 1. The van der Waals surface area contributed by atoms with Crippen LogP contribution < -0.4 is 0 Å². The summed E-state index contributed by atoms with van der Waals surface area (Å²) in [6.45, 7) is 5.05. The quantitative estimate of drug-likeness (QED) is 0.862. The summed E-state index contributed by atoms with van der Waals surface area (Å²) in [4.78, 5) is 5.92. The minimum atomic E-state index is -0.747. The molecule has 2 aliphatic rings. The maximum absolute atomic E-state index is 10.3. The Hall–Kier alpha value is -1.44. The lowest BCUT2D eigenvalue weighted by Crippen LogP contribution is -2.43. The number of hydrogen-bond donors (Lipinski definition) is 2. The number of nitrogens with zero attached hydrogens (tertiary/aromatic N) is 1. The molecule has 6 nitrogen and oxygen atoms in total. The fourth-order valence-corrected chi connectivity index (χ4v) is 4.08. The van der Waals surface area contributed by atoms with Crippen LogP contribution in [0.25, 0.3) is 10.9 Å². The van der Waals surface area contributed by atoms with Crippen LogP contribution in [-0.2, 0) is 27.2 Å². The fourth-order valence-electron chi connectivity index (χ4n) is 4.08. The van der Waals surface area contributed by atoms with Gasteiger partial charge in [0, 0.05) is 56.4 Å². The predicted octanol–water partition coefficient (Wildman–Crippen LogP) is 1.66. The van der Waals surface area contributed by atoms with E-state index in [1.807, 2.05) is 6.92 Å². The van der Waals surface area contributed by atoms with Crippen molar-refractivity contribution in [3.8, 4) is 0 Å². The van der Waals surface area contributed by atoms with Gasteiger partial charge in [0.05, 0.1) is 0 Å². The van der Waals surface area contributed by atoms with Gasteiger partial charge in [0.1, 0.15) is 18.3 Å². The number of benzene rings is 1. The number of hydrogen-bond acceptors (Lipinski definition) is 5. The topological polar surface area (TPSA) is 67.0 Å². The summed E-state index contributed by atoms with van der Waals surface area (Å²) < 4.78 is 16.9. The number of nitrogens with one attached hydrogen (secondary N) is 1. The molecular weight excluding hydrogens is 320 g/mol. The minimum Gasteiger partial charge on any atom is -0.385 e. The van der Waals surface area contributed by atoms with Gasteiger partial charge in [-0.3, -0.25) is 4.90 Å². The number of ether oxygens (including phenoxy) is 3. The smallest absolute Gasteiger partial charge is 0.186 e. The summed E-state index contributed by atoms with van der Waals surface area (Å²) in [6, 6.07) is 8.45. The lowest BCUT2D eigenvalue weighted by Gasteiger charge is -2.31. The average molecular weight is 346 g/mol. The summed E-state index contributed by atoms with van der Waals surface area (Å²) in [7, 11) is 1.55. The van der Waals surface area contributed by atoms with E-state index in [-0.39, 0.29) is 12.2 Å². The van der Waals surface area contributed by atoms with E-state index < -0.39 is 12.4 Å². The molecular formula is C19H26N2O4. The van der Waals surface area contributed by atoms with E-state index in [0.29, 0.717) is 6.61 Å². The standard InChI is InChI=1S/C19H26N2O4/c1-3-24-18-16(25-19(23-2)17(18)22)11-21-9-8-15-13(10-21)12-6-4-5-7-14(12)20-15/h4-7,16-20,22H,3,8-11H2,1-2H3. The summed E-state index contributed by atoms with van der Waals surface area (Å²) >= 11 is 0. The monoisotopic (exact) mass is 346 g/mol. The number of aliphatic hydroxyl groups excluding tert-OH is 1. The molecule has 2 N–H and O–H groups in total. The third kappa shape index (κ3) is 3.09. The summed E-state index contributed by atoms with van der Waals surface area (Å²) in [5.74, 6) is 0. The first-order valence-corrected chi connectivity index (χ1v) is 9.00. The van der Waals surface area contributed by atoms with Crippen LogP contribution >= 0.6 is 0 Å². The van der Waals surface area contributed by atoms with E-state index >= 15 is 0 Å². The van der Waals surface area contributed by atoms with Gasteiger partial charge in [-0.15, -0.1) is 0 Å². The van der Waals surface area contributed by atoms with Crippen molar-refractivity contribution in [2.45, 2.75) is 44.5 Å². The van der Waals surface area contributed by atoms with Gasteiger partial charge in [-0.1, -0.05) is 18.2 Å². The highest BCUT2D eigenvalue weighted by molar-refractivity contribution is 5.84. The second-order valence-electron chi connectivity index (χ2n) is 6.80. The molecule has 2 aromatic rings. The van der Waals surface area contributed by atoms with Crippen LogP contribution in [0.5, 0.6) is 0 Å². The van der Waals surface area contributed by atoms with E-state index in [2.05, 4.69) is 34.1 Å². The predicted molar refractivity (Wildman–Crippen MR) is 94.4 cm³/mol. The van der Waals surface area contributed by atoms with Crippen molar-refractivity contribution in [2.24, 2.45) is 0 Å². The van der Waals surface area contributed by atoms with E-state index in [1.165, 1.54) is 22.2 Å². The van der Waals surface area contributed by atoms with Crippen LogP contribution in [0.1, 0.15) is 18.2 Å². The Bertz CT molecular complexity index is 731. The Balaban J connectivity index is 1.50. The highest BCUT2D eigenvalue weighted by Crippen LogP contribution is 2.30. The maximum atomic E-state index is 10.3. The normalized spacial score (nSPS) is 30.0. The molecule has 0 bridgehead atoms. The lowest BCUT2D eigenvalue weighted by molar-refractivity contribution is -0.151. The van der Waals surface area contributed by atoms with Crippen LogP contribution in [-0.4, -0.2) is 66.4 Å². The molecule has 1 aromatic heterocycles. The zero-order valence-corrected chi connectivity index (χ0v) is 14.8. The van der Waals surface area contributed by atoms with Gasteiger partial charge in [0.15, 0.2) is 6.29 Å². The molecule has 2 aliphatic heterocycles. The molecule has 0 aliphatic carbocycles. The largest absolute Gasteiger partial charge is 0.385 e. The number of fused-ring (bicyclic) bond motifs is 3. The number of aromatic nitrogens is 1. The average Bonchev–Trinajstić information content (AvgIpc) is 3.14. The summed E-state index contributed by atoms with van der Waals surface area (Å²) in [5, 5.41) is 11.6. The van der Waals surface area contributed by atoms with Gasteiger partial charge in [0.2, 0.25) is 0 Å². The van der Waals surface area contributed by atoms with Crippen LogP contribution in [0, 0.1) is 0 Å². The molecule has 0 spiro atoms. The Morgan fingerprint density at radius 3 is 3.00 bits per heavy atom. The Kier molecular flexibility index (Phi) is 4.80. The second kappa shape index (κ2) is 7.05. The van der Waals surface area contributed by atoms with Crippen molar-refractivity contribution in [3.05, 3.63) is 35.5 Å². The number of rotatable bonds is 5. The van der Waals surface area contributed by atoms with Crippen LogP contribution in [0.2, 0.25) is 0 Å². The lowest BCUT2D eigenvalue weighted by atomic mass is 10.0. The first kappa shape index (κ1) is 17.0. The summed E-state index contributed by atoms with van der Waals surface area (Å²) in [5.41, 5.74) is 3.91. The van der Waals surface area contributed by atoms with Crippen molar-refractivity contribution in [1.82, 2.24) is 9.88 Å². The fraction of sp³-hybridized carbons (Fsp3) is 0.579. The number of aromatic amines is 1. The molecule has 4 rings (SSSR count). The van der Waals surface area contributed by atoms with Crippen molar-refractivity contribution in [1.29, 1.82) is 0 Å². The molecule has 4 unspecified atom stereocenters. The molecule has 6 heteroatoms. The van der Waals surface area contributed by atoms with Gasteiger partial charge >= 0.3 is 0 Å². The van der Waals surface area contributed by atoms with Crippen LogP contribution in [0.15, 0.2) is 24.3 Å². The Morgan fingerprint density at radius 1 is 1.36 bits per heavy atom. The highest BCUT2D eigenvalue weighted by Gasteiger charge is 2.45. The molecule has 0 amide bonds. The molecule has 0 radical (unpaired) electrons. The van der Waals surface area contributed by atoms with Crippen molar-refractivity contribution >= 4 is 10.9 Å². The van der Waals surface area contributed by atoms with Gasteiger partial charge in [-0.05, 0) is 18.6 Å². The SMILES string of the molecule is CCOC1C(CN2CCc3[nH]c4ccccc4c3C2)OC(OC)C1O.